The van der Waals surface area contributed by atoms with Crippen LogP contribution < -0.4 is 0 Å². The Morgan fingerprint density at radius 2 is 1.22 bits per heavy atom. The summed E-state index contributed by atoms with van der Waals surface area (Å²) in [6.45, 7) is -1.10. The lowest BCUT2D eigenvalue weighted by Gasteiger charge is -2.41. The quantitative estimate of drug-likeness (QED) is 0.243. The van der Waals surface area contributed by atoms with E-state index < -0.39 is 74.6 Å². The highest BCUT2D eigenvalue weighted by atomic mass is 16.7. The highest BCUT2D eigenvalue weighted by Crippen LogP contribution is 2.24. The second-order valence-electron chi connectivity index (χ2n) is 5.57. The zero-order valence-electron chi connectivity index (χ0n) is 12.0. The lowest BCUT2D eigenvalue weighted by Crippen LogP contribution is -2.61. The summed E-state index contributed by atoms with van der Waals surface area (Å²) in [5.74, 6) is 0. The summed E-state index contributed by atoms with van der Waals surface area (Å²) >= 11 is 0. The molecule has 136 valence electrons. The van der Waals surface area contributed by atoms with Gasteiger partial charge in [-0.3, -0.25) is 0 Å². The predicted octanol–water partition coefficient (Wildman–Crippen LogP) is -5.40. The van der Waals surface area contributed by atoms with Gasteiger partial charge in [-0.25, -0.2) is 0 Å². The van der Waals surface area contributed by atoms with Crippen molar-refractivity contribution in [3.8, 4) is 0 Å². The molecule has 0 saturated carbocycles. The molecule has 0 spiro atoms. The van der Waals surface area contributed by atoms with Gasteiger partial charge in [0, 0.05) is 0 Å². The van der Waals surface area contributed by atoms with E-state index in [1.165, 1.54) is 0 Å². The zero-order chi connectivity index (χ0) is 17.3. The summed E-state index contributed by atoms with van der Waals surface area (Å²) in [5, 5.41) is 76.1. The van der Waals surface area contributed by atoms with Gasteiger partial charge in [-0.15, -0.1) is 0 Å². The van der Waals surface area contributed by atoms with Gasteiger partial charge in [0.1, 0.15) is 48.8 Å². The Morgan fingerprint density at radius 3 is 1.83 bits per heavy atom. The van der Waals surface area contributed by atoms with Gasteiger partial charge < -0.3 is 55.1 Å². The zero-order valence-corrected chi connectivity index (χ0v) is 12.0. The molecule has 8 N–H and O–H groups in total. The van der Waals surface area contributed by atoms with Gasteiger partial charge in [-0.2, -0.15) is 0 Å². The number of hydrogen-bond acceptors (Lipinski definition) is 11. The largest absolute Gasteiger partial charge is 0.394 e. The van der Waals surface area contributed by atoms with Gasteiger partial charge in [0.15, 0.2) is 12.6 Å². The minimum Gasteiger partial charge on any atom is -0.394 e. The molecule has 0 aromatic heterocycles. The summed E-state index contributed by atoms with van der Waals surface area (Å²) in [6, 6.07) is 0. The summed E-state index contributed by atoms with van der Waals surface area (Å²) in [5.41, 5.74) is 0. The van der Waals surface area contributed by atoms with Crippen molar-refractivity contribution < 1.29 is 55.1 Å². The second kappa shape index (κ2) is 7.63. The van der Waals surface area contributed by atoms with Gasteiger partial charge in [0.05, 0.1) is 13.2 Å². The lowest BCUT2D eigenvalue weighted by molar-refractivity contribution is -0.325. The fraction of sp³-hybridized carbons (Fsp3) is 1.00. The van der Waals surface area contributed by atoms with Gasteiger partial charge in [0.25, 0.3) is 0 Å². The van der Waals surface area contributed by atoms with Crippen LogP contribution in [-0.4, -0.2) is 115 Å². The average Bonchev–Trinajstić information content (AvgIpc) is 2.54. The van der Waals surface area contributed by atoms with Gasteiger partial charge in [-0.05, 0) is 0 Å². The highest BCUT2D eigenvalue weighted by molar-refractivity contribution is 4.91. The average molecular weight is 342 g/mol. The van der Waals surface area contributed by atoms with E-state index in [1.807, 2.05) is 0 Å². The monoisotopic (exact) mass is 342 g/mol. The normalized spacial score (nSPS) is 51.7. The molecule has 0 aliphatic carbocycles. The molecule has 11 nitrogen and oxygen atoms in total. The van der Waals surface area contributed by atoms with E-state index in [4.69, 9.17) is 19.3 Å². The Bertz CT molecular complexity index is 380. The third-order valence-electron chi connectivity index (χ3n) is 3.96. The molecule has 2 aliphatic rings. The minimum atomic E-state index is -1.74. The molecular weight excluding hydrogens is 320 g/mol. The molecule has 2 fully saturated rings. The van der Waals surface area contributed by atoms with Crippen molar-refractivity contribution in [1.82, 2.24) is 0 Å². The van der Waals surface area contributed by atoms with Crippen molar-refractivity contribution in [2.45, 2.75) is 61.4 Å². The topological polar surface area (TPSA) is 190 Å². The van der Waals surface area contributed by atoms with Crippen molar-refractivity contribution in [2.24, 2.45) is 0 Å². The lowest BCUT2D eigenvalue weighted by atomic mass is 9.98. The van der Waals surface area contributed by atoms with Crippen molar-refractivity contribution in [3.63, 3.8) is 0 Å². The van der Waals surface area contributed by atoms with Crippen LogP contribution in [0.25, 0.3) is 0 Å². The molecule has 0 radical (unpaired) electrons. The SMILES string of the molecule is OC[C@H]1O[C@@H](OC[C@H]2OC(O)[C@@H](O)[C@@H](O)[C@@H]2O)[C@H](O)[C@@H](O)[C@H]1O. The van der Waals surface area contributed by atoms with Crippen LogP contribution in [-0.2, 0) is 14.2 Å². The maximum absolute atomic E-state index is 9.78. The molecule has 1 unspecified atom stereocenters. The fourth-order valence-electron chi connectivity index (χ4n) is 2.46. The first-order chi connectivity index (χ1) is 10.8. The molecule has 0 amide bonds. The van der Waals surface area contributed by atoms with Crippen LogP contribution in [0.1, 0.15) is 0 Å². The van der Waals surface area contributed by atoms with Crippen LogP contribution in [0.2, 0.25) is 0 Å². The summed E-state index contributed by atoms with van der Waals surface area (Å²) in [7, 11) is 0. The Hall–Kier alpha value is -0.440. The Labute approximate surface area is 130 Å². The first kappa shape index (κ1) is 18.9. The first-order valence-corrected chi connectivity index (χ1v) is 7.07. The first-order valence-electron chi connectivity index (χ1n) is 7.07. The Balaban J connectivity index is 1.94. The van der Waals surface area contributed by atoms with Crippen LogP contribution in [0.3, 0.4) is 0 Å². The standard InChI is InChI=1S/C12H22O11/c13-1-3-5(14)8(17)10(19)12(23-3)21-2-4-6(15)7(16)9(18)11(20)22-4/h3-20H,1-2H2/t3-,4-,5+,6-,7+,8+,9+,10-,11?,12-/m1/s1. The van der Waals surface area contributed by atoms with Gasteiger partial charge in [0.2, 0.25) is 0 Å². The van der Waals surface area contributed by atoms with Crippen LogP contribution in [0.5, 0.6) is 0 Å². The van der Waals surface area contributed by atoms with Crippen molar-refractivity contribution in [1.29, 1.82) is 0 Å². The van der Waals surface area contributed by atoms with E-state index in [0.29, 0.717) is 0 Å². The molecular formula is C12H22O11. The predicted molar refractivity (Wildman–Crippen MR) is 68.6 cm³/mol. The van der Waals surface area contributed by atoms with E-state index in [9.17, 15) is 35.7 Å². The Morgan fingerprint density at radius 1 is 0.652 bits per heavy atom. The maximum atomic E-state index is 9.78. The third kappa shape index (κ3) is 3.81. The van der Waals surface area contributed by atoms with Gasteiger partial charge in [-0.1, -0.05) is 0 Å². The molecule has 10 atom stereocenters. The fourth-order valence-corrected chi connectivity index (χ4v) is 2.46. The van der Waals surface area contributed by atoms with Crippen LogP contribution >= 0.6 is 0 Å². The van der Waals surface area contributed by atoms with E-state index in [0.717, 1.165) is 0 Å². The molecule has 0 aromatic rings. The van der Waals surface area contributed by atoms with E-state index in [1.54, 1.807) is 0 Å². The summed E-state index contributed by atoms with van der Waals surface area (Å²) < 4.78 is 15.1. The third-order valence-corrected chi connectivity index (χ3v) is 3.96. The highest BCUT2D eigenvalue weighted by Gasteiger charge is 2.46. The molecule has 23 heavy (non-hydrogen) atoms. The van der Waals surface area contributed by atoms with Crippen LogP contribution in [0.4, 0.5) is 0 Å². The van der Waals surface area contributed by atoms with Crippen LogP contribution in [0, 0.1) is 0 Å². The number of hydrogen-bond donors (Lipinski definition) is 8. The maximum Gasteiger partial charge on any atom is 0.186 e. The number of aliphatic hydroxyl groups excluding tert-OH is 8. The van der Waals surface area contributed by atoms with Crippen molar-refractivity contribution in [3.05, 3.63) is 0 Å². The van der Waals surface area contributed by atoms with E-state index in [2.05, 4.69) is 0 Å². The number of ether oxygens (including phenoxy) is 3. The molecule has 0 bridgehead atoms. The van der Waals surface area contributed by atoms with Crippen LogP contribution in [0.15, 0.2) is 0 Å². The van der Waals surface area contributed by atoms with Crippen molar-refractivity contribution in [2.75, 3.05) is 13.2 Å². The molecule has 2 rings (SSSR count). The van der Waals surface area contributed by atoms with Crippen molar-refractivity contribution >= 4 is 0 Å². The number of rotatable bonds is 4. The van der Waals surface area contributed by atoms with Gasteiger partial charge >= 0.3 is 0 Å². The summed E-state index contributed by atoms with van der Waals surface area (Å²) in [6.07, 6.45) is -15.3. The minimum absolute atomic E-state index is 0.468. The molecule has 0 aromatic carbocycles. The molecule has 11 heteroatoms. The number of aliphatic hydroxyl groups is 8. The second-order valence-corrected chi connectivity index (χ2v) is 5.57. The summed E-state index contributed by atoms with van der Waals surface area (Å²) in [4.78, 5) is 0. The molecule has 2 heterocycles. The smallest absolute Gasteiger partial charge is 0.186 e. The molecule has 2 saturated heterocycles. The molecule has 2 aliphatic heterocycles. The Kier molecular flexibility index (Phi) is 6.27. The van der Waals surface area contributed by atoms with E-state index >= 15 is 0 Å². The van der Waals surface area contributed by atoms with E-state index in [-0.39, 0.29) is 0 Å².